The van der Waals surface area contributed by atoms with Crippen LogP contribution < -0.4 is 0 Å². The number of halogens is 1. The quantitative estimate of drug-likeness (QED) is 0.866. The molecule has 0 spiro atoms. The molecule has 0 aliphatic heterocycles. The Balaban J connectivity index is 2.34. The highest BCUT2D eigenvalue weighted by atomic mass is 32.1. The molecule has 0 aliphatic carbocycles. The molecule has 80 valence electrons. The number of nitrogens with zero attached hydrogens (tertiary/aromatic N) is 2. The van der Waals surface area contributed by atoms with Crippen LogP contribution in [-0.4, -0.2) is 21.6 Å². The first kappa shape index (κ1) is 10.3. The maximum atomic E-state index is 12.2. The molecule has 15 heavy (non-hydrogen) atoms. The average molecular weight is 226 g/mol. The van der Waals surface area contributed by atoms with Crippen LogP contribution in [0.3, 0.4) is 0 Å². The van der Waals surface area contributed by atoms with Gasteiger partial charge in [0.15, 0.2) is 0 Å². The van der Waals surface area contributed by atoms with Crippen molar-refractivity contribution in [3.05, 3.63) is 29.3 Å². The van der Waals surface area contributed by atoms with E-state index in [1.165, 1.54) is 4.68 Å². The van der Waals surface area contributed by atoms with Gasteiger partial charge in [-0.05, 0) is 17.5 Å². The van der Waals surface area contributed by atoms with E-state index in [1.807, 2.05) is 17.5 Å². The van der Waals surface area contributed by atoms with E-state index < -0.39 is 6.67 Å². The standard InChI is InChI=1S/C10H11FN2OS/c11-3-4-13-8(7-14)6-9(12-13)10-2-1-5-15-10/h1-2,5-6,14H,3-4,7H2. The van der Waals surface area contributed by atoms with Gasteiger partial charge in [0.05, 0.1) is 23.7 Å². The van der Waals surface area contributed by atoms with Gasteiger partial charge in [-0.25, -0.2) is 4.39 Å². The Bertz CT molecular complexity index is 425. The van der Waals surface area contributed by atoms with E-state index in [1.54, 1.807) is 17.4 Å². The Morgan fingerprint density at radius 2 is 2.40 bits per heavy atom. The van der Waals surface area contributed by atoms with Crippen molar-refractivity contribution < 1.29 is 9.50 Å². The minimum absolute atomic E-state index is 0.113. The smallest absolute Gasteiger partial charge is 0.109 e. The second-order valence-electron chi connectivity index (χ2n) is 3.07. The predicted octanol–water partition coefficient (Wildman–Crippen LogP) is 2.07. The number of aliphatic hydroxyl groups excluding tert-OH is 1. The van der Waals surface area contributed by atoms with Crippen LogP contribution in [0, 0.1) is 0 Å². The van der Waals surface area contributed by atoms with Crippen molar-refractivity contribution in [1.82, 2.24) is 9.78 Å². The molecule has 2 aromatic rings. The summed E-state index contributed by atoms with van der Waals surface area (Å²) in [6.07, 6.45) is 0. The Morgan fingerprint density at radius 3 is 3.00 bits per heavy atom. The first-order valence-corrected chi connectivity index (χ1v) is 5.50. The highest BCUT2D eigenvalue weighted by Gasteiger charge is 2.08. The Morgan fingerprint density at radius 1 is 1.53 bits per heavy atom. The first-order valence-electron chi connectivity index (χ1n) is 4.62. The molecule has 0 saturated heterocycles. The summed E-state index contributed by atoms with van der Waals surface area (Å²) in [5.74, 6) is 0. The fourth-order valence-corrected chi connectivity index (χ4v) is 2.08. The lowest BCUT2D eigenvalue weighted by molar-refractivity contribution is 0.265. The van der Waals surface area contributed by atoms with E-state index in [-0.39, 0.29) is 13.2 Å². The summed E-state index contributed by atoms with van der Waals surface area (Å²) in [6.45, 7) is -0.391. The summed E-state index contributed by atoms with van der Waals surface area (Å²) in [7, 11) is 0. The maximum absolute atomic E-state index is 12.2. The van der Waals surface area contributed by atoms with E-state index in [0.717, 1.165) is 10.6 Å². The summed E-state index contributed by atoms with van der Waals surface area (Å²) >= 11 is 1.58. The fraction of sp³-hybridized carbons (Fsp3) is 0.300. The summed E-state index contributed by atoms with van der Waals surface area (Å²) in [4.78, 5) is 1.03. The number of hydrogen-bond donors (Lipinski definition) is 1. The van der Waals surface area contributed by atoms with Crippen molar-refractivity contribution in [2.75, 3.05) is 6.67 Å². The van der Waals surface area contributed by atoms with Crippen molar-refractivity contribution in [2.24, 2.45) is 0 Å². The Labute approximate surface area is 90.8 Å². The molecule has 5 heteroatoms. The van der Waals surface area contributed by atoms with Gasteiger partial charge in [0.1, 0.15) is 12.4 Å². The number of rotatable bonds is 4. The normalized spacial score (nSPS) is 10.8. The summed E-state index contributed by atoms with van der Waals surface area (Å²) < 4.78 is 13.7. The van der Waals surface area contributed by atoms with Crippen molar-refractivity contribution in [2.45, 2.75) is 13.2 Å². The van der Waals surface area contributed by atoms with Gasteiger partial charge >= 0.3 is 0 Å². The molecule has 0 bridgehead atoms. The summed E-state index contributed by atoms with van der Waals surface area (Å²) in [6, 6.07) is 5.68. The molecule has 0 aliphatic rings. The zero-order valence-electron chi connectivity index (χ0n) is 8.06. The highest BCUT2D eigenvalue weighted by Crippen LogP contribution is 2.24. The van der Waals surface area contributed by atoms with Gasteiger partial charge in [-0.15, -0.1) is 11.3 Å². The van der Waals surface area contributed by atoms with Gasteiger partial charge in [0, 0.05) is 0 Å². The van der Waals surface area contributed by atoms with E-state index in [9.17, 15) is 4.39 Å². The van der Waals surface area contributed by atoms with E-state index in [0.29, 0.717) is 5.69 Å². The molecule has 3 nitrogen and oxygen atoms in total. The third kappa shape index (κ3) is 2.08. The third-order valence-electron chi connectivity index (χ3n) is 2.10. The van der Waals surface area contributed by atoms with Crippen molar-refractivity contribution >= 4 is 11.3 Å². The number of hydrogen-bond acceptors (Lipinski definition) is 3. The minimum Gasteiger partial charge on any atom is -0.390 e. The zero-order chi connectivity index (χ0) is 10.7. The number of aliphatic hydroxyl groups is 1. The van der Waals surface area contributed by atoms with Gasteiger partial charge in [0.2, 0.25) is 0 Å². The lowest BCUT2D eigenvalue weighted by Crippen LogP contribution is -2.06. The van der Waals surface area contributed by atoms with Crippen molar-refractivity contribution in [3.63, 3.8) is 0 Å². The molecule has 2 heterocycles. The molecule has 2 rings (SSSR count). The summed E-state index contributed by atoms with van der Waals surface area (Å²) in [5, 5.41) is 15.3. The monoisotopic (exact) mass is 226 g/mol. The van der Waals surface area contributed by atoms with E-state index >= 15 is 0 Å². The molecular formula is C10H11FN2OS. The minimum atomic E-state index is -0.474. The van der Waals surface area contributed by atoms with Crippen LogP contribution in [-0.2, 0) is 13.2 Å². The largest absolute Gasteiger partial charge is 0.390 e. The fourth-order valence-electron chi connectivity index (χ4n) is 1.40. The molecule has 0 saturated carbocycles. The number of alkyl halides is 1. The molecule has 0 atom stereocenters. The van der Waals surface area contributed by atoms with Crippen LogP contribution in [0.5, 0.6) is 0 Å². The van der Waals surface area contributed by atoms with Crippen molar-refractivity contribution in [1.29, 1.82) is 0 Å². The van der Waals surface area contributed by atoms with Gasteiger partial charge in [-0.1, -0.05) is 6.07 Å². The van der Waals surface area contributed by atoms with Crippen LogP contribution >= 0.6 is 11.3 Å². The van der Waals surface area contributed by atoms with E-state index in [2.05, 4.69) is 5.10 Å². The first-order chi connectivity index (χ1) is 7.35. The van der Waals surface area contributed by atoms with Gasteiger partial charge in [-0.3, -0.25) is 4.68 Å². The second kappa shape index (κ2) is 4.55. The molecule has 0 unspecified atom stereocenters. The Kier molecular flexibility index (Phi) is 3.13. The van der Waals surface area contributed by atoms with Gasteiger partial charge in [-0.2, -0.15) is 5.10 Å². The SMILES string of the molecule is OCc1cc(-c2cccs2)nn1CCF. The highest BCUT2D eigenvalue weighted by molar-refractivity contribution is 7.13. The lowest BCUT2D eigenvalue weighted by Gasteiger charge is -2.00. The third-order valence-corrected chi connectivity index (χ3v) is 2.99. The van der Waals surface area contributed by atoms with Crippen LogP contribution in [0.4, 0.5) is 4.39 Å². The van der Waals surface area contributed by atoms with Crippen molar-refractivity contribution in [3.8, 4) is 10.6 Å². The second-order valence-corrected chi connectivity index (χ2v) is 4.02. The van der Waals surface area contributed by atoms with Gasteiger partial charge < -0.3 is 5.11 Å². The molecule has 0 radical (unpaired) electrons. The van der Waals surface area contributed by atoms with Crippen LogP contribution in [0.25, 0.3) is 10.6 Å². The topological polar surface area (TPSA) is 38.1 Å². The maximum Gasteiger partial charge on any atom is 0.109 e. The lowest BCUT2D eigenvalue weighted by atomic mass is 10.3. The van der Waals surface area contributed by atoms with Gasteiger partial charge in [0.25, 0.3) is 0 Å². The molecule has 0 amide bonds. The zero-order valence-corrected chi connectivity index (χ0v) is 8.88. The van der Waals surface area contributed by atoms with Crippen LogP contribution in [0.1, 0.15) is 5.69 Å². The van der Waals surface area contributed by atoms with Crippen LogP contribution in [0.2, 0.25) is 0 Å². The van der Waals surface area contributed by atoms with E-state index in [4.69, 9.17) is 5.11 Å². The summed E-state index contributed by atoms with van der Waals surface area (Å²) in [5.41, 5.74) is 1.44. The predicted molar refractivity (Wildman–Crippen MR) is 57.4 cm³/mol. The Hall–Kier alpha value is -1.20. The molecule has 0 aromatic carbocycles. The average Bonchev–Trinajstić information content (AvgIpc) is 2.84. The number of thiophene rings is 1. The molecular weight excluding hydrogens is 215 g/mol. The number of aromatic nitrogens is 2. The van der Waals surface area contributed by atoms with Crippen LogP contribution in [0.15, 0.2) is 23.6 Å². The number of aryl methyl sites for hydroxylation is 1. The molecule has 0 fully saturated rings. The molecule has 1 N–H and O–H groups in total. The molecule has 2 aromatic heterocycles.